The molecule has 0 spiro atoms. The summed E-state index contributed by atoms with van der Waals surface area (Å²) < 4.78 is 37.2. The van der Waals surface area contributed by atoms with Crippen molar-refractivity contribution in [2.75, 3.05) is 5.32 Å². The lowest BCUT2D eigenvalue weighted by Crippen LogP contribution is -2.20. The van der Waals surface area contributed by atoms with Gasteiger partial charge < -0.3 is 5.32 Å². The van der Waals surface area contributed by atoms with E-state index in [0.29, 0.717) is 5.92 Å². The highest BCUT2D eigenvalue weighted by atomic mass is 19.4. The summed E-state index contributed by atoms with van der Waals surface area (Å²) in [7, 11) is 0. The first-order valence-corrected chi connectivity index (χ1v) is 5.46. The van der Waals surface area contributed by atoms with E-state index in [4.69, 9.17) is 0 Å². The number of nitrogens with one attached hydrogen (secondary N) is 1. The predicted octanol–water partition coefficient (Wildman–Crippen LogP) is 3.34. The number of alkyl halides is 3. The van der Waals surface area contributed by atoms with Crippen LogP contribution in [0.3, 0.4) is 0 Å². The average Bonchev–Trinajstić information content (AvgIpc) is 2.15. The van der Waals surface area contributed by atoms with Gasteiger partial charge in [-0.2, -0.15) is 13.2 Å². The van der Waals surface area contributed by atoms with Gasteiger partial charge in [0.15, 0.2) is 0 Å². The molecule has 0 saturated carbocycles. The number of hydrogen-bond donors (Lipinski definition) is 1. The standard InChI is InChI=1S/C11H16F3N3/c1-7(2)6-8(3)16-10-15-5-4-9(17-10)11(12,13)14/h4-5,7-8H,6H2,1-3H3,(H,15,16,17). The van der Waals surface area contributed by atoms with Crippen LogP contribution in [0, 0.1) is 5.92 Å². The molecule has 0 radical (unpaired) electrons. The van der Waals surface area contributed by atoms with E-state index in [1.807, 2.05) is 20.8 Å². The minimum absolute atomic E-state index is 0.0213. The molecule has 1 unspecified atom stereocenters. The van der Waals surface area contributed by atoms with Gasteiger partial charge in [-0.3, -0.25) is 0 Å². The van der Waals surface area contributed by atoms with E-state index in [-0.39, 0.29) is 12.0 Å². The molecule has 1 aromatic heterocycles. The molecule has 0 fully saturated rings. The van der Waals surface area contributed by atoms with Crippen LogP contribution < -0.4 is 5.32 Å². The molecule has 0 bridgehead atoms. The van der Waals surface area contributed by atoms with E-state index >= 15 is 0 Å². The zero-order valence-corrected chi connectivity index (χ0v) is 10.0. The molecule has 0 aliphatic rings. The van der Waals surface area contributed by atoms with Crippen molar-refractivity contribution in [3.63, 3.8) is 0 Å². The lowest BCUT2D eigenvalue weighted by Gasteiger charge is -2.16. The molecule has 0 amide bonds. The third-order valence-corrected chi connectivity index (χ3v) is 2.15. The van der Waals surface area contributed by atoms with Crippen molar-refractivity contribution < 1.29 is 13.2 Å². The topological polar surface area (TPSA) is 37.8 Å². The second-order valence-corrected chi connectivity index (χ2v) is 4.44. The summed E-state index contributed by atoms with van der Waals surface area (Å²) in [6.07, 6.45) is -2.47. The SMILES string of the molecule is CC(C)CC(C)Nc1nccc(C(F)(F)F)n1. The first kappa shape index (κ1) is 13.7. The van der Waals surface area contributed by atoms with Crippen LogP contribution in [0.4, 0.5) is 19.1 Å². The van der Waals surface area contributed by atoms with Crippen LogP contribution in [0.25, 0.3) is 0 Å². The highest BCUT2D eigenvalue weighted by molar-refractivity contribution is 5.27. The molecule has 1 heterocycles. The Bertz CT molecular complexity index is 363. The summed E-state index contributed by atoms with van der Waals surface area (Å²) in [6.45, 7) is 5.99. The summed E-state index contributed by atoms with van der Waals surface area (Å²) in [5.74, 6) is 0.483. The summed E-state index contributed by atoms with van der Waals surface area (Å²) in [5.41, 5.74) is -0.924. The molecule has 1 rings (SSSR count). The zero-order chi connectivity index (χ0) is 13.1. The third-order valence-electron chi connectivity index (χ3n) is 2.15. The van der Waals surface area contributed by atoms with Gasteiger partial charge in [0.2, 0.25) is 5.95 Å². The molecule has 3 nitrogen and oxygen atoms in total. The Morgan fingerprint density at radius 2 is 1.94 bits per heavy atom. The summed E-state index contributed by atoms with van der Waals surface area (Å²) in [4.78, 5) is 7.22. The fourth-order valence-corrected chi connectivity index (χ4v) is 1.57. The quantitative estimate of drug-likeness (QED) is 0.886. The van der Waals surface area contributed by atoms with Gasteiger partial charge in [-0.15, -0.1) is 0 Å². The van der Waals surface area contributed by atoms with Crippen molar-refractivity contribution in [1.82, 2.24) is 9.97 Å². The van der Waals surface area contributed by atoms with E-state index in [0.717, 1.165) is 18.7 Å². The van der Waals surface area contributed by atoms with Crippen molar-refractivity contribution in [3.05, 3.63) is 18.0 Å². The largest absolute Gasteiger partial charge is 0.433 e. The number of aromatic nitrogens is 2. The number of halogens is 3. The predicted molar refractivity (Wildman–Crippen MR) is 59.6 cm³/mol. The second-order valence-electron chi connectivity index (χ2n) is 4.44. The number of hydrogen-bond acceptors (Lipinski definition) is 3. The summed E-state index contributed by atoms with van der Waals surface area (Å²) in [5, 5.41) is 2.86. The zero-order valence-electron chi connectivity index (χ0n) is 10.0. The molecule has 1 atom stereocenters. The Morgan fingerprint density at radius 3 is 2.47 bits per heavy atom. The van der Waals surface area contributed by atoms with Crippen LogP contribution in [0.15, 0.2) is 12.3 Å². The van der Waals surface area contributed by atoms with E-state index < -0.39 is 11.9 Å². The second kappa shape index (κ2) is 5.33. The summed E-state index contributed by atoms with van der Waals surface area (Å²) >= 11 is 0. The van der Waals surface area contributed by atoms with Crippen LogP contribution in [-0.2, 0) is 6.18 Å². The van der Waals surface area contributed by atoms with Crippen molar-refractivity contribution >= 4 is 5.95 Å². The molecule has 6 heteroatoms. The van der Waals surface area contributed by atoms with Gasteiger partial charge in [0, 0.05) is 12.2 Å². The molecule has 1 N–H and O–H groups in total. The lowest BCUT2D eigenvalue weighted by molar-refractivity contribution is -0.141. The monoisotopic (exact) mass is 247 g/mol. The minimum atomic E-state index is -4.43. The van der Waals surface area contributed by atoms with Gasteiger partial charge >= 0.3 is 6.18 Å². The minimum Gasteiger partial charge on any atom is -0.352 e. The number of nitrogens with zero attached hydrogens (tertiary/aromatic N) is 2. The van der Waals surface area contributed by atoms with Crippen molar-refractivity contribution in [2.24, 2.45) is 5.92 Å². The maximum atomic E-state index is 12.4. The van der Waals surface area contributed by atoms with E-state index in [1.165, 1.54) is 0 Å². The molecule has 1 aromatic rings. The first-order chi connectivity index (χ1) is 7.79. The van der Waals surface area contributed by atoms with Gasteiger partial charge in [-0.1, -0.05) is 13.8 Å². The molecule has 0 aliphatic carbocycles. The van der Waals surface area contributed by atoms with Crippen LogP contribution in [-0.4, -0.2) is 16.0 Å². The van der Waals surface area contributed by atoms with Gasteiger partial charge in [0.25, 0.3) is 0 Å². The van der Waals surface area contributed by atoms with Crippen molar-refractivity contribution in [1.29, 1.82) is 0 Å². The maximum absolute atomic E-state index is 12.4. The molecule has 17 heavy (non-hydrogen) atoms. The maximum Gasteiger partial charge on any atom is 0.433 e. The Morgan fingerprint density at radius 1 is 1.29 bits per heavy atom. The average molecular weight is 247 g/mol. The van der Waals surface area contributed by atoms with Gasteiger partial charge in [-0.05, 0) is 25.3 Å². The van der Waals surface area contributed by atoms with Gasteiger partial charge in [0.1, 0.15) is 5.69 Å². The van der Waals surface area contributed by atoms with Crippen LogP contribution in [0.1, 0.15) is 32.9 Å². The Hall–Kier alpha value is -1.33. The molecule has 96 valence electrons. The number of anilines is 1. The lowest BCUT2D eigenvalue weighted by atomic mass is 10.1. The number of rotatable bonds is 4. The van der Waals surface area contributed by atoms with Crippen molar-refractivity contribution in [2.45, 2.75) is 39.4 Å². The first-order valence-electron chi connectivity index (χ1n) is 5.46. The molecule has 0 saturated heterocycles. The van der Waals surface area contributed by atoms with Crippen LogP contribution in [0.5, 0.6) is 0 Å². The van der Waals surface area contributed by atoms with E-state index in [2.05, 4.69) is 15.3 Å². The highest BCUT2D eigenvalue weighted by Crippen LogP contribution is 2.27. The van der Waals surface area contributed by atoms with E-state index in [9.17, 15) is 13.2 Å². The van der Waals surface area contributed by atoms with E-state index in [1.54, 1.807) is 0 Å². The van der Waals surface area contributed by atoms with Crippen molar-refractivity contribution in [3.8, 4) is 0 Å². The Labute approximate surface area is 98.5 Å². The Kier molecular flexibility index (Phi) is 4.31. The molecule has 0 aromatic carbocycles. The third kappa shape index (κ3) is 4.58. The van der Waals surface area contributed by atoms with Gasteiger partial charge in [-0.25, -0.2) is 9.97 Å². The normalized spacial score (nSPS) is 13.8. The summed E-state index contributed by atoms with van der Waals surface area (Å²) in [6, 6.07) is 0.900. The molecular weight excluding hydrogens is 231 g/mol. The van der Waals surface area contributed by atoms with Gasteiger partial charge in [0.05, 0.1) is 0 Å². The fraction of sp³-hybridized carbons (Fsp3) is 0.636. The van der Waals surface area contributed by atoms with Crippen LogP contribution in [0.2, 0.25) is 0 Å². The fourth-order valence-electron chi connectivity index (χ4n) is 1.57. The Balaban J connectivity index is 2.72. The highest BCUT2D eigenvalue weighted by Gasteiger charge is 2.32. The van der Waals surface area contributed by atoms with Crippen LogP contribution >= 0.6 is 0 Å². The molecule has 0 aliphatic heterocycles. The molecular formula is C11H16F3N3. The smallest absolute Gasteiger partial charge is 0.352 e.